The van der Waals surface area contributed by atoms with Gasteiger partial charge in [-0.05, 0) is 68.8 Å². The third kappa shape index (κ3) is 2.45. The average Bonchev–Trinajstić information content (AvgIpc) is 2.90. The molecule has 3 aromatic rings. The minimum absolute atomic E-state index is 0.337. The first-order valence-corrected chi connectivity index (χ1v) is 7.32. The molecule has 21 heavy (non-hydrogen) atoms. The molecule has 0 bridgehead atoms. The van der Waals surface area contributed by atoms with Gasteiger partial charge in [-0.25, -0.2) is 4.98 Å². The van der Waals surface area contributed by atoms with Crippen molar-refractivity contribution in [2.24, 2.45) is 0 Å². The summed E-state index contributed by atoms with van der Waals surface area (Å²) in [6.45, 7) is 6.44. The van der Waals surface area contributed by atoms with Gasteiger partial charge in [0.15, 0.2) is 0 Å². The minimum Gasteiger partial charge on any atom is -0.313 e. The van der Waals surface area contributed by atoms with E-state index in [9.17, 15) is 0 Å². The number of aryl methyl sites for hydroxylation is 2. The lowest BCUT2D eigenvalue weighted by atomic mass is 10.1. The van der Waals surface area contributed by atoms with Crippen molar-refractivity contribution in [2.75, 3.05) is 7.05 Å². The van der Waals surface area contributed by atoms with Crippen LogP contribution in [0.4, 0.5) is 0 Å². The Morgan fingerprint density at radius 2 is 1.86 bits per heavy atom. The first-order valence-electron chi connectivity index (χ1n) is 7.32. The second-order valence-electron chi connectivity index (χ2n) is 5.65. The SMILES string of the molecule is CNC(C)c1cccc(-n2cnc3cc(C)c(C)cc32)c1. The first kappa shape index (κ1) is 13.8. The Morgan fingerprint density at radius 1 is 1.10 bits per heavy atom. The molecule has 3 rings (SSSR count). The van der Waals surface area contributed by atoms with E-state index in [1.165, 1.54) is 16.7 Å². The molecule has 3 heteroatoms. The van der Waals surface area contributed by atoms with Crippen molar-refractivity contribution in [2.45, 2.75) is 26.8 Å². The third-order valence-electron chi connectivity index (χ3n) is 4.24. The van der Waals surface area contributed by atoms with E-state index >= 15 is 0 Å². The lowest BCUT2D eigenvalue weighted by Crippen LogP contribution is -2.12. The van der Waals surface area contributed by atoms with E-state index < -0.39 is 0 Å². The van der Waals surface area contributed by atoms with Gasteiger partial charge < -0.3 is 5.32 Å². The zero-order valence-corrected chi connectivity index (χ0v) is 13.0. The minimum atomic E-state index is 0.337. The molecule has 0 fully saturated rings. The average molecular weight is 279 g/mol. The summed E-state index contributed by atoms with van der Waals surface area (Å²) in [6.07, 6.45) is 1.91. The Hall–Kier alpha value is -2.13. The largest absolute Gasteiger partial charge is 0.313 e. The van der Waals surface area contributed by atoms with Gasteiger partial charge in [0.25, 0.3) is 0 Å². The van der Waals surface area contributed by atoms with Crippen LogP contribution in [-0.2, 0) is 0 Å². The number of imidazole rings is 1. The second kappa shape index (κ2) is 5.34. The summed E-state index contributed by atoms with van der Waals surface area (Å²) in [5.74, 6) is 0. The van der Waals surface area contributed by atoms with Gasteiger partial charge in [-0.15, -0.1) is 0 Å². The van der Waals surface area contributed by atoms with Crippen molar-refractivity contribution < 1.29 is 0 Å². The van der Waals surface area contributed by atoms with E-state index in [0.29, 0.717) is 6.04 Å². The Bertz CT molecular complexity index is 786. The zero-order chi connectivity index (χ0) is 15.0. The molecule has 1 N–H and O–H groups in total. The van der Waals surface area contributed by atoms with Crippen LogP contribution >= 0.6 is 0 Å². The highest BCUT2D eigenvalue weighted by Gasteiger charge is 2.08. The van der Waals surface area contributed by atoms with Crippen LogP contribution in [0.2, 0.25) is 0 Å². The summed E-state index contributed by atoms with van der Waals surface area (Å²) in [7, 11) is 1.98. The number of nitrogens with one attached hydrogen (secondary N) is 1. The number of benzene rings is 2. The highest BCUT2D eigenvalue weighted by atomic mass is 15.0. The highest BCUT2D eigenvalue weighted by molar-refractivity contribution is 5.79. The van der Waals surface area contributed by atoms with Crippen LogP contribution in [0, 0.1) is 13.8 Å². The van der Waals surface area contributed by atoms with Crippen LogP contribution in [0.3, 0.4) is 0 Å². The Labute approximate surface area is 125 Å². The van der Waals surface area contributed by atoms with Gasteiger partial charge in [-0.2, -0.15) is 0 Å². The highest BCUT2D eigenvalue weighted by Crippen LogP contribution is 2.23. The van der Waals surface area contributed by atoms with E-state index in [0.717, 1.165) is 16.7 Å². The molecule has 1 aromatic heterocycles. The summed E-state index contributed by atoms with van der Waals surface area (Å²) in [5.41, 5.74) is 7.22. The van der Waals surface area contributed by atoms with Gasteiger partial charge in [-0.1, -0.05) is 12.1 Å². The molecule has 2 aromatic carbocycles. The van der Waals surface area contributed by atoms with Gasteiger partial charge in [0.05, 0.1) is 11.0 Å². The molecule has 0 radical (unpaired) electrons. The van der Waals surface area contributed by atoms with E-state index in [-0.39, 0.29) is 0 Å². The maximum absolute atomic E-state index is 4.54. The van der Waals surface area contributed by atoms with Gasteiger partial charge in [0.2, 0.25) is 0 Å². The lowest BCUT2D eigenvalue weighted by Gasteiger charge is -2.13. The van der Waals surface area contributed by atoms with Crippen LogP contribution in [0.1, 0.15) is 29.7 Å². The second-order valence-corrected chi connectivity index (χ2v) is 5.65. The maximum Gasteiger partial charge on any atom is 0.100 e. The molecule has 0 spiro atoms. The Kier molecular flexibility index (Phi) is 3.52. The van der Waals surface area contributed by atoms with Crippen LogP contribution in [0.5, 0.6) is 0 Å². The van der Waals surface area contributed by atoms with Gasteiger partial charge in [-0.3, -0.25) is 4.57 Å². The van der Waals surface area contributed by atoms with Crippen molar-refractivity contribution >= 4 is 11.0 Å². The van der Waals surface area contributed by atoms with Gasteiger partial charge in [0.1, 0.15) is 6.33 Å². The number of nitrogens with zero attached hydrogens (tertiary/aromatic N) is 2. The van der Waals surface area contributed by atoms with Crippen molar-refractivity contribution in [3.8, 4) is 5.69 Å². The summed E-state index contributed by atoms with van der Waals surface area (Å²) in [5, 5.41) is 3.28. The molecule has 0 saturated carbocycles. The number of rotatable bonds is 3. The molecule has 3 nitrogen and oxygen atoms in total. The molecule has 1 heterocycles. The van der Waals surface area contributed by atoms with Crippen molar-refractivity contribution in [1.29, 1.82) is 0 Å². The molecule has 1 atom stereocenters. The summed E-state index contributed by atoms with van der Waals surface area (Å²) >= 11 is 0. The predicted molar refractivity (Wildman–Crippen MR) is 88.0 cm³/mol. The lowest BCUT2D eigenvalue weighted by molar-refractivity contribution is 0.652. The molecule has 1 unspecified atom stereocenters. The topological polar surface area (TPSA) is 29.9 Å². The first-order chi connectivity index (χ1) is 10.1. The number of hydrogen-bond donors (Lipinski definition) is 1. The van der Waals surface area contributed by atoms with Crippen molar-refractivity contribution in [3.05, 3.63) is 59.4 Å². The van der Waals surface area contributed by atoms with Crippen LogP contribution in [-0.4, -0.2) is 16.6 Å². The molecule has 0 aliphatic rings. The van der Waals surface area contributed by atoms with Crippen molar-refractivity contribution in [3.63, 3.8) is 0 Å². The molecule has 108 valence electrons. The van der Waals surface area contributed by atoms with E-state index in [4.69, 9.17) is 0 Å². The van der Waals surface area contributed by atoms with Crippen LogP contribution < -0.4 is 5.32 Å². The van der Waals surface area contributed by atoms with E-state index in [1.54, 1.807) is 0 Å². The molecule has 0 aliphatic carbocycles. The molecular formula is C18H21N3. The summed E-state index contributed by atoms with van der Waals surface area (Å²) < 4.78 is 2.16. The molecule has 0 saturated heterocycles. The van der Waals surface area contributed by atoms with Gasteiger partial charge in [0, 0.05) is 11.7 Å². The molecular weight excluding hydrogens is 258 g/mol. The quantitative estimate of drug-likeness (QED) is 0.787. The number of hydrogen-bond acceptors (Lipinski definition) is 2. The fourth-order valence-corrected chi connectivity index (χ4v) is 2.58. The monoisotopic (exact) mass is 279 g/mol. The van der Waals surface area contributed by atoms with Gasteiger partial charge >= 0.3 is 0 Å². The Morgan fingerprint density at radius 3 is 2.62 bits per heavy atom. The standard InChI is InChI=1S/C18H21N3/c1-12-8-17-18(9-13(12)2)21(11-20-17)16-7-5-6-15(10-16)14(3)19-4/h5-11,14,19H,1-4H3. The van der Waals surface area contributed by atoms with Crippen LogP contribution in [0.15, 0.2) is 42.7 Å². The van der Waals surface area contributed by atoms with Crippen molar-refractivity contribution in [1.82, 2.24) is 14.9 Å². The Balaban J connectivity index is 2.14. The summed E-state index contributed by atoms with van der Waals surface area (Å²) in [4.78, 5) is 4.54. The zero-order valence-electron chi connectivity index (χ0n) is 13.0. The normalized spacial score (nSPS) is 12.8. The van der Waals surface area contributed by atoms with Crippen LogP contribution in [0.25, 0.3) is 16.7 Å². The molecule has 0 amide bonds. The fraction of sp³-hybridized carbons (Fsp3) is 0.278. The predicted octanol–water partition coefficient (Wildman–Crippen LogP) is 3.92. The smallest absolute Gasteiger partial charge is 0.100 e. The van der Waals surface area contributed by atoms with E-state index in [2.05, 4.69) is 72.0 Å². The maximum atomic E-state index is 4.54. The number of aromatic nitrogens is 2. The fourth-order valence-electron chi connectivity index (χ4n) is 2.58. The molecule has 0 aliphatic heterocycles. The third-order valence-corrected chi connectivity index (χ3v) is 4.24. The van der Waals surface area contributed by atoms with E-state index in [1.807, 2.05) is 13.4 Å². The summed E-state index contributed by atoms with van der Waals surface area (Å²) in [6, 6.07) is 13.3. The number of fused-ring (bicyclic) bond motifs is 1.